The molecule has 0 aromatic heterocycles. The van der Waals surface area contributed by atoms with Gasteiger partial charge in [-0.05, 0) is 70.8 Å². The molecular formula is C18H24ClNO3. The third-order valence-corrected chi connectivity index (χ3v) is 5.26. The molecule has 0 radical (unpaired) electrons. The normalized spacial score (nSPS) is 27.7. The van der Waals surface area contributed by atoms with Crippen LogP contribution in [0.4, 0.5) is 0 Å². The fourth-order valence-electron chi connectivity index (χ4n) is 3.59. The van der Waals surface area contributed by atoms with Crippen molar-refractivity contribution < 1.29 is 14.3 Å². The van der Waals surface area contributed by atoms with Gasteiger partial charge in [0.15, 0.2) is 5.60 Å². The van der Waals surface area contributed by atoms with Crippen molar-refractivity contribution in [3.63, 3.8) is 0 Å². The number of rotatable bonds is 4. The number of benzene rings is 1. The van der Waals surface area contributed by atoms with E-state index in [1.807, 2.05) is 0 Å². The number of hydrogen-bond donors (Lipinski definition) is 0. The highest BCUT2D eigenvalue weighted by Gasteiger charge is 2.42. The molecule has 2 aliphatic rings. The van der Waals surface area contributed by atoms with Crippen LogP contribution in [-0.2, 0) is 9.53 Å². The average molecular weight is 338 g/mol. The number of halogens is 1. The van der Waals surface area contributed by atoms with Gasteiger partial charge in [-0.15, -0.1) is 0 Å². The van der Waals surface area contributed by atoms with Crippen LogP contribution in [0.5, 0.6) is 5.75 Å². The van der Waals surface area contributed by atoms with Crippen LogP contribution in [0.2, 0.25) is 5.02 Å². The molecule has 23 heavy (non-hydrogen) atoms. The van der Waals surface area contributed by atoms with Crippen molar-refractivity contribution in [1.29, 1.82) is 0 Å². The Morgan fingerprint density at radius 3 is 2.30 bits per heavy atom. The molecule has 5 heteroatoms. The van der Waals surface area contributed by atoms with Gasteiger partial charge in [0.05, 0.1) is 0 Å². The summed E-state index contributed by atoms with van der Waals surface area (Å²) in [7, 11) is 2.17. The molecule has 2 fully saturated rings. The lowest BCUT2D eigenvalue weighted by Gasteiger charge is -2.37. The molecule has 0 saturated carbocycles. The fourth-order valence-corrected chi connectivity index (χ4v) is 3.72. The standard InChI is InChI=1S/C18H24ClNO3/c1-18(2,23-15-8-4-12(19)5-9-15)17(21)22-16-10-13-6-7-14(11-16)20(13)3/h4-5,8-9,13-14,16H,6-7,10-11H2,1-3H3. The van der Waals surface area contributed by atoms with E-state index in [-0.39, 0.29) is 12.1 Å². The Balaban J connectivity index is 1.59. The predicted molar refractivity (Wildman–Crippen MR) is 89.8 cm³/mol. The second-order valence-corrected chi connectivity index (χ2v) is 7.55. The molecule has 0 N–H and O–H groups in total. The van der Waals surface area contributed by atoms with Gasteiger partial charge in [-0.3, -0.25) is 0 Å². The largest absolute Gasteiger partial charge is 0.476 e. The second kappa shape index (κ2) is 6.33. The molecule has 2 bridgehead atoms. The maximum Gasteiger partial charge on any atom is 0.350 e. The molecule has 1 aromatic rings. The number of hydrogen-bond acceptors (Lipinski definition) is 4. The zero-order valence-corrected chi connectivity index (χ0v) is 14.7. The molecule has 126 valence electrons. The first kappa shape index (κ1) is 16.6. The first-order valence-electron chi connectivity index (χ1n) is 8.23. The number of fused-ring (bicyclic) bond motifs is 2. The number of carbonyl (C=O) groups excluding carboxylic acids is 1. The van der Waals surface area contributed by atoms with E-state index in [0.717, 1.165) is 12.8 Å². The molecule has 2 heterocycles. The highest BCUT2D eigenvalue weighted by Crippen LogP contribution is 2.36. The Hall–Kier alpha value is -1.26. The number of piperidine rings is 1. The van der Waals surface area contributed by atoms with Crippen molar-refractivity contribution in [3.8, 4) is 5.75 Å². The minimum absolute atomic E-state index is 0.00397. The van der Waals surface area contributed by atoms with Crippen LogP contribution in [0.1, 0.15) is 39.5 Å². The third kappa shape index (κ3) is 3.64. The van der Waals surface area contributed by atoms with E-state index in [9.17, 15) is 4.79 Å². The second-order valence-electron chi connectivity index (χ2n) is 7.12. The van der Waals surface area contributed by atoms with Crippen molar-refractivity contribution >= 4 is 17.6 Å². The van der Waals surface area contributed by atoms with Crippen molar-refractivity contribution in [1.82, 2.24) is 4.90 Å². The van der Waals surface area contributed by atoms with E-state index in [1.54, 1.807) is 38.1 Å². The van der Waals surface area contributed by atoms with Crippen molar-refractivity contribution in [2.75, 3.05) is 7.05 Å². The molecule has 2 aliphatic heterocycles. The summed E-state index contributed by atoms with van der Waals surface area (Å²) in [5.74, 6) is 0.307. The van der Waals surface area contributed by atoms with E-state index < -0.39 is 5.60 Å². The number of carbonyl (C=O) groups is 1. The molecule has 1 aromatic carbocycles. The molecule has 2 unspecified atom stereocenters. The summed E-state index contributed by atoms with van der Waals surface area (Å²) in [6.45, 7) is 3.49. The number of ether oxygens (including phenoxy) is 2. The van der Waals surface area contributed by atoms with Crippen molar-refractivity contribution in [3.05, 3.63) is 29.3 Å². The summed E-state index contributed by atoms with van der Waals surface area (Å²) in [4.78, 5) is 15.0. The zero-order valence-electron chi connectivity index (χ0n) is 13.9. The molecule has 0 aliphatic carbocycles. The van der Waals surface area contributed by atoms with Crippen LogP contribution >= 0.6 is 11.6 Å². The fraction of sp³-hybridized carbons (Fsp3) is 0.611. The van der Waals surface area contributed by atoms with Crippen LogP contribution in [0.25, 0.3) is 0 Å². The van der Waals surface area contributed by atoms with Gasteiger partial charge in [0.2, 0.25) is 0 Å². The van der Waals surface area contributed by atoms with Gasteiger partial charge in [-0.2, -0.15) is 0 Å². The van der Waals surface area contributed by atoms with Gasteiger partial charge in [0.25, 0.3) is 0 Å². The van der Waals surface area contributed by atoms with E-state index in [4.69, 9.17) is 21.1 Å². The smallest absolute Gasteiger partial charge is 0.350 e. The van der Waals surface area contributed by atoms with Crippen molar-refractivity contribution in [2.45, 2.75) is 63.3 Å². The topological polar surface area (TPSA) is 38.8 Å². The van der Waals surface area contributed by atoms with Crippen LogP contribution in [0.15, 0.2) is 24.3 Å². The first-order chi connectivity index (χ1) is 10.8. The quantitative estimate of drug-likeness (QED) is 0.786. The molecular weight excluding hydrogens is 314 g/mol. The lowest BCUT2D eigenvalue weighted by Crippen LogP contribution is -2.47. The Morgan fingerprint density at radius 1 is 1.17 bits per heavy atom. The summed E-state index contributed by atoms with van der Waals surface area (Å²) in [5, 5.41) is 0.638. The van der Waals surface area contributed by atoms with E-state index in [1.165, 1.54) is 12.8 Å². The number of nitrogens with zero attached hydrogens (tertiary/aromatic N) is 1. The van der Waals surface area contributed by atoms with Crippen LogP contribution in [-0.4, -0.2) is 41.7 Å². The minimum atomic E-state index is -1.02. The van der Waals surface area contributed by atoms with Crippen molar-refractivity contribution in [2.24, 2.45) is 0 Å². The Labute approximate surface area is 142 Å². The van der Waals surface area contributed by atoms with Gasteiger partial charge >= 0.3 is 5.97 Å². The minimum Gasteiger partial charge on any atom is -0.476 e. The lowest BCUT2D eigenvalue weighted by molar-refractivity contribution is -0.168. The van der Waals surface area contributed by atoms with Crippen LogP contribution in [0.3, 0.4) is 0 Å². The zero-order chi connectivity index (χ0) is 16.6. The van der Waals surface area contributed by atoms with Gasteiger partial charge in [0.1, 0.15) is 11.9 Å². The van der Waals surface area contributed by atoms with Gasteiger partial charge in [0, 0.05) is 17.1 Å². The average Bonchev–Trinajstić information content (AvgIpc) is 2.72. The van der Waals surface area contributed by atoms with Crippen LogP contribution in [0, 0.1) is 0 Å². The molecule has 0 spiro atoms. The SMILES string of the molecule is CN1C2CCC1CC(OC(=O)C(C)(C)Oc1ccc(Cl)cc1)C2. The monoisotopic (exact) mass is 337 g/mol. The summed E-state index contributed by atoms with van der Waals surface area (Å²) >= 11 is 5.87. The molecule has 3 rings (SSSR count). The van der Waals surface area contributed by atoms with E-state index in [2.05, 4.69) is 11.9 Å². The highest BCUT2D eigenvalue weighted by atomic mass is 35.5. The van der Waals surface area contributed by atoms with E-state index >= 15 is 0 Å². The maximum atomic E-state index is 12.5. The summed E-state index contributed by atoms with van der Waals surface area (Å²) < 4.78 is 11.6. The van der Waals surface area contributed by atoms with E-state index in [0.29, 0.717) is 22.9 Å². The third-order valence-electron chi connectivity index (χ3n) is 5.01. The Kier molecular flexibility index (Phi) is 4.56. The molecule has 2 atom stereocenters. The molecule has 2 saturated heterocycles. The predicted octanol–water partition coefficient (Wildman–Crippen LogP) is 3.67. The number of esters is 1. The molecule has 0 amide bonds. The maximum absolute atomic E-state index is 12.5. The summed E-state index contributed by atoms with van der Waals surface area (Å²) in [6.07, 6.45) is 4.27. The Bertz CT molecular complexity index is 558. The first-order valence-corrected chi connectivity index (χ1v) is 8.60. The Morgan fingerprint density at radius 2 is 1.74 bits per heavy atom. The summed E-state index contributed by atoms with van der Waals surface area (Å²) in [5.41, 5.74) is -1.02. The van der Waals surface area contributed by atoms with Gasteiger partial charge in [-0.1, -0.05) is 11.6 Å². The van der Waals surface area contributed by atoms with Gasteiger partial charge < -0.3 is 14.4 Å². The summed E-state index contributed by atoms with van der Waals surface area (Å²) in [6, 6.07) is 8.10. The van der Waals surface area contributed by atoms with Gasteiger partial charge in [-0.25, -0.2) is 4.79 Å². The van der Waals surface area contributed by atoms with Crippen LogP contribution < -0.4 is 4.74 Å². The molecule has 4 nitrogen and oxygen atoms in total. The lowest BCUT2D eigenvalue weighted by atomic mass is 10.00. The highest BCUT2D eigenvalue weighted by molar-refractivity contribution is 6.30.